The standard InChI is InChI=1S/C27H40N4O2S/c1-7-8-14-31-25-16-23-13-15-30(20-27(23,19-29(5)6)17-21(25)18-28-31)34(32,33)24-11-9-22(10-12-24)26(2,3)4/h9-12,16,18H,7-8,13-15,17,19-20H2,1-6H3/t27-/m0/s1. The molecule has 0 amide bonds. The maximum absolute atomic E-state index is 13.7. The Hall–Kier alpha value is -1.96. The van der Waals surface area contributed by atoms with Crippen molar-refractivity contribution < 1.29 is 8.42 Å². The lowest BCUT2D eigenvalue weighted by molar-refractivity contribution is 0.161. The summed E-state index contributed by atoms with van der Waals surface area (Å²) in [6, 6.07) is 7.46. The van der Waals surface area contributed by atoms with E-state index in [1.165, 1.54) is 16.8 Å². The van der Waals surface area contributed by atoms with Gasteiger partial charge in [0.05, 0.1) is 16.8 Å². The number of sulfonamides is 1. The highest BCUT2D eigenvalue weighted by Gasteiger charge is 2.46. The van der Waals surface area contributed by atoms with Gasteiger partial charge in [-0.2, -0.15) is 9.40 Å². The number of unbranched alkanes of at least 4 members (excludes halogenated alkanes) is 1. The largest absolute Gasteiger partial charge is 0.308 e. The molecule has 1 aliphatic heterocycles. The van der Waals surface area contributed by atoms with Crippen LogP contribution in [0.2, 0.25) is 0 Å². The molecule has 6 nitrogen and oxygen atoms in total. The summed E-state index contributed by atoms with van der Waals surface area (Å²) in [4.78, 5) is 2.58. The zero-order valence-corrected chi connectivity index (χ0v) is 22.5. The number of rotatable bonds is 7. The highest BCUT2D eigenvalue weighted by atomic mass is 32.2. The summed E-state index contributed by atoms with van der Waals surface area (Å²) in [5.74, 6) is 0. The van der Waals surface area contributed by atoms with Gasteiger partial charge in [0.25, 0.3) is 0 Å². The molecular formula is C27H40N4O2S. The zero-order valence-electron chi connectivity index (χ0n) is 21.6. The van der Waals surface area contributed by atoms with Gasteiger partial charge in [-0.3, -0.25) is 4.68 Å². The molecule has 0 spiro atoms. The third-order valence-electron chi connectivity index (χ3n) is 7.29. The molecule has 7 heteroatoms. The summed E-state index contributed by atoms with van der Waals surface area (Å²) in [6.45, 7) is 11.4. The molecule has 0 bridgehead atoms. The van der Waals surface area contributed by atoms with Crippen molar-refractivity contribution in [1.29, 1.82) is 0 Å². The van der Waals surface area contributed by atoms with Crippen molar-refractivity contribution in [2.24, 2.45) is 5.41 Å². The normalized spacial score (nSPS) is 21.3. The van der Waals surface area contributed by atoms with E-state index in [0.717, 1.165) is 44.3 Å². The third-order valence-corrected chi connectivity index (χ3v) is 9.15. The van der Waals surface area contributed by atoms with Gasteiger partial charge in [0.1, 0.15) is 0 Å². The molecule has 1 saturated heterocycles. The molecule has 2 aromatic rings. The minimum absolute atomic E-state index is 0.00967. The van der Waals surface area contributed by atoms with Gasteiger partial charge < -0.3 is 4.90 Å². The molecule has 0 N–H and O–H groups in total. The molecule has 1 aliphatic carbocycles. The number of piperidine rings is 1. The van der Waals surface area contributed by atoms with E-state index in [9.17, 15) is 8.42 Å². The number of aromatic nitrogens is 2. The Morgan fingerprint density at radius 1 is 1.15 bits per heavy atom. The number of hydrogen-bond donors (Lipinski definition) is 0. The SMILES string of the molecule is CCCCn1ncc2c1C=C1CCN(S(=O)(=O)c3ccc(C(C)(C)C)cc3)C[C@@]1(CN(C)C)C2. The first-order valence-electron chi connectivity index (χ1n) is 12.5. The fourth-order valence-corrected chi connectivity index (χ4v) is 7.00. The van der Waals surface area contributed by atoms with Crippen LogP contribution >= 0.6 is 0 Å². The second-order valence-corrected chi connectivity index (χ2v) is 13.3. The summed E-state index contributed by atoms with van der Waals surface area (Å²) in [5, 5.41) is 4.67. The Bertz CT molecular complexity index is 1160. The molecule has 4 rings (SSSR count). The van der Waals surface area contributed by atoms with E-state index in [0.29, 0.717) is 18.0 Å². The average molecular weight is 485 g/mol. The molecule has 1 aromatic heterocycles. The Morgan fingerprint density at radius 2 is 1.85 bits per heavy atom. The molecule has 2 aliphatic rings. The summed E-state index contributed by atoms with van der Waals surface area (Å²) in [6.07, 6.45) is 8.14. The van der Waals surface area contributed by atoms with Crippen molar-refractivity contribution in [2.45, 2.75) is 70.2 Å². The molecule has 1 aromatic carbocycles. The smallest absolute Gasteiger partial charge is 0.243 e. The minimum atomic E-state index is -3.57. The van der Waals surface area contributed by atoms with Gasteiger partial charge in [-0.25, -0.2) is 8.42 Å². The van der Waals surface area contributed by atoms with Crippen molar-refractivity contribution in [3.8, 4) is 0 Å². The summed E-state index contributed by atoms with van der Waals surface area (Å²) in [7, 11) is 0.583. The van der Waals surface area contributed by atoms with Crippen LogP contribution in [0.3, 0.4) is 0 Å². The molecule has 1 fully saturated rings. The van der Waals surface area contributed by atoms with Gasteiger partial charge in [0, 0.05) is 31.6 Å². The van der Waals surface area contributed by atoms with Gasteiger partial charge in [0.2, 0.25) is 10.0 Å². The predicted octanol–water partition coefficient (Wildman–Crippen LogP) is 4.56. The molecule has 1 atom stereocenters. The molecule has 186 valence electrons. The summed E-state index contributed by atoms with van der Waals surface area (Å²) < 4.78 is 31.2. The molecule has 0 radical (unpaired) electrons. The Balaban J connectivity index is 1.65. The minimum Gasteiger partial charge on any atom is -0.308 e. The van der Waals surface area contributed by atoms with Crippen LogP contribution in [0.15, 0.2) is 40.9 Å². The maximum atomic E-state index is 13.7. The van der Waals surface area contributed by atoms with E-state index in [1.807, 2.05) is 18.3 Å². The lowest BCUT2D eigenvalue weighted by atomic mass is 9.68. The predicted molar refractivity (Wildman–Crippen MR) is 138 cm³/mol. The second-order valence-electron chi connectivity index (χ2n) is 11.4. The van der Waals surface area contributed by atoms with Crippen molar-refractivity contribution in [1.82, 2.24) is 19.0 Å². The number of nitrogens with zero attached hydrogens (tertiary/aromatic N) is 4. The van der Waals surface area contributed by atoms with Crippen LogP contribution in [0, 0.1) is 5.41 Å². The van der Waals surface area contributed by atoms with Crippen LogP contribution in [-0.4, -0.2) is 61.1 Å². The topological polar surface area (TPSA) is 58.4 Å². The van der Waals surface area contributed by atoms with E-state index in [-0.39, 0.29) is 10.8 Å². The van der Waals surface area contributed by atoms with E-state index < -0.39 is 10.0 Å². The molecule has 2 heterocycles. The molecular weight excluding hydrogens is 444 g/mol. The van der Waals surface area contributed by atoms with Gasteiger partial charge in [-0.05, 0) is 68.1 Å². The molecule has 34 heavy (non-hydrogen) atoms. The van der Waals surface area contributed by atoms with Crippen molar-refractivity contribution in [3.63, 3.8) is 0 Å². The van der Waals surface area contributed by atoms with Crippen LogP contribution in [0.4, 0.5) is 0 Å². The molecule has 0 saturated carbocycles. The number of benzene rings is 1. The van der Waals surface area contributed by atoms with Crippen LogP contribution in [0.1, 0.15) is 63.8 Å². The zero-order chi connectivity index (χ0) is 24.7. The lowest BCUT2D eigenvalue weighted by Crippen LogP contribution is -2.53. The van der Waals surface area contributed by atoms with E-state index in [4.69, 9.17) is 0 Å². The van der Waals surface area contributed by atoms with E-state index in [2.05, 4.69) is 62.5 Å². The van der Waals surface area contributed by atoms with Crippen LogP contribution in [-0.2, 0) is 28.4 Å². The quantitative estimate of drug-likeness (QED) is 0.578. The van der Waals surface area contributed by atoms with Crippen LogP contribution < -0.4 is 0 Å². The third kappa shape index (κ3) is 4.75. The number of aryl methyl sites for hydroxylation is 1. The maximum Gasteiger partial charge on any atom is 0.243 e. The Morgan fingerprint density at radius 3 is 2.47 bits per heavy atom. The molecule has 0 unspecified atom stereocenters. The fraction of sp³-hybridized carbons (Fsp3) is 0.593. The summed E-state index contributed by atoms with van der Waals surface area (Å²) in [5.41, 5.74) is 4.71. The average Bonchev–Trinajstić information content (AvgIpc) is 3.15. The van der Waals surface area contributed by atoms with Gasteiger partial charge in [-0.1, -0.05) is 51.8 Å². The van der Waals surface area contributed by atoms with Crippen LogP contribution in [0.25, 0.3) is 6.08 Å². The highest BCUT2D eigenvalue weighted by Crippen LogP contribution is 2.45. The van der Waals surface area contributed by atoms with Crippen molar-refractivity contribution in [3.05, 3.63) is 52.9 Å². The van der Waals surface area contributed by atoms with Gasteiger partial charge in [-0.15, -0.1) is 0 Å². The fourth-order valence-electron chi connectivity index (χ4n) is 5.47. The van der Waals surface area contributed by atoms with Gasteiger partial charge >= 0.3 is 0 Å². The first kappa shape index (κ1) is 25.1. The lowest BCUT2D eigenvalue weighted by Gasteiger charge is -2.47. The first-order chi connectivity index (χ1) is 16.0. The van der Waals surface area contributed by atoms with Crippen molar-refractivity contribution >= 4 is 16.1 Å². The Kier molecular flexibility index (Phi) is 6.84. The van der Waals surface area contributed by atoms with E-state index >= 15 is 0 Å². The summed E-state index contributed by atoms with van der Waals surface area (Å²) >= 11 is 0. The van der Waals surface area contributed by atoms with Gasteiger partial charge in [0.15, 0.2) is 0 Å². The monoisotopic (exact) mass is 484 g/mol. The first-order valence-corrected chi connectivity index (χ1v) is 13.9. The second kappa shape index (κ2) is 9.25. The number of hydrogen-bond acceptors (Lipinski definition) is 4. The van der Waals surface area contributed by atoms with Crippen molar-refractivity contribution in [2.75, 3.05) is 33.7 Å². The number of fused-ring (bicyclic) bond motifs is 2. The highest BCUT2D eigenvalue weighted by molar-refractivity contribution is 7.89. The van der Waals surface area contributed by atoms with Crippen LogP contribution in [0.5, 0.6) is 0 Å². The van der Waals surface area contributed by atoms with E-state index in [1.54, 1.807) is 16.4 Å². The Labute approximate surface area is 205 Å².